The number of nitrogens with zero attached hydrogens (tertiary/aromatic N) is 2. The van der Waals surface area contributed by atoms with Gasteiger partial charge in [0.15, 0.2) is 6.61 Å². The van der Waals surface area contributed by atoms with Crippen molar-refractivity contribution >= 4 is 49.1 Å². The number of hydrogen-bond donors (Lipinski definition) is 1. The summed E-state index contributed by atoms with van der Waals surface area (Å²) in [6, 6.07) is 24.4. The monoisotopic (exact) mass is 629 g/mol. The highest BCUT2D eigenvalue weighted by Crippen LogP contribution is 2.37. The largest absolute Gasteiger partial charge is 0.456 e. The standard InChI is InChI=1S/C33H28FN3O5S2/c1-21-6-15-28-30(18-21)43-33(36-28)23-7-11-25(12-8-23)35-31(38)20-42-32(39)19-29-27-5-3-2-4-22(27)16-17-37(29)44(40,41)26-13-9-24(34)10-14-26/h2-15,18,29H,16-17,19-20H2,1H3,(H,35,38). The van der Waals surface area contributed by atoms with Crippen LogP contribution in [0.3, 0.4) is 0 Å². The van der Waals surface area contributed by atoms with Crippen LogP contribution in [0.4, 0.5) is 10.1 Å². The molecule has 0 radical (unpaired) electrons. The molecule has 0 saturated carbocycles. The van der Waals surface area contributed by atoms with Crippen LogP contribution in [0.5, 0.6) is 0 Å². The third-order valence-electron chi connectivity index (χ3n) is 7.47. The molecule has 1 aromatic heterocycles. The summed E-state index contributed by atoms with van der Waals surface area (Å²) in [4.78, 5) is 30.2. The summed E-state index contributed by atoms with van der Waals surface area (Å²) in [5.74, 6) is -1.80. The molecule has 0 spiro atoms. The molecule has 0 fully saturated rings. The molecule has 224 valence electrons. The highest BCUT2D eigenvalue weighted by molar-refractivity contribution is 7.89. The fourth-order valence-corrected chi connectivity index (χ4v) is 7.96. The Labute approximate surface area is 258 Å². The van der Waals surface area contributed by atoms with Crippen molar-refractivity contribution in [2.75, 3.05) is 18.5 Å². The number of sulfonamides is 1. The number of hydrogen-bond acceptors (Lipinski definition) is 7. The van der Waals surface area contributed by atoms with Gasteiger partial charge in [-0.25, -0.2) is 17.8 Å². The van der Waals surface area contributed by atoms with Crippen LogP contribution < -0.4 is 5.32 Å². The minimum Gasteiger partial charge on any atom is -0.456 e. The first-order chi connectivity index (χ1) is 21.2. The van der Waals surface area contributed by atoms with E-state index in [1.807, 2.05) is 43.3 Å². The summed E-state index contributed by atoms with van der Waals surface area (Å²) in [5, 5.41) is 3.59. The normalized spacial score (nSPS) is 15.1. The SMILES string of the molecule is Cc1ccc2nc(-c3ccc(NC(=O)COC(=O)CC4c5ccccc5CCN4S(=O)(=O)c4ccc(F)cc4)cc3)sc2c1. The average Bonchev–Trinajstić information content (AvgIpc) is 3.44. The van der Waals surface area contributed by atoms with Crippen LogP contribution in [-0.4, -0.2) is 42.7 Å². The van der Waals surface area contributed by atoms with Crippen molar-refractivity contribution in [1.29, 1.82) is 0 Å². The lowest BCUT2D eigenvalue weighted by atomic mass is 9.92. The van der Waals surface area contributed by atoms with Crippen LogP contribution in [0.15, 0.2) is 95.9 Å². The molecule has 4 aromatic carbocycles. The predicted octanol–water partition coefficient (Wildman–Crippen LogP) is 6.27. The smallest absolute Gasteiger partial charge is 0.308 e. The molecule has 1 N–H and O–H groups in total. The number of nitrogens with one attached hydrogen (secondary N) is 1. The summed E-state index contributed by atoms with van der Waals surface area (Å²) in [6.45, 7) is 1.65. The van der Waals surface area contributed by atoms with Gasteiger partial charge in [-0.2, -0.15) is 4.31 Å². The summed E-state index contributed by atoms with van der Waals surface area (Å²) < 4.78 is 48.2. The van der Waals surface area contributed by atoms with Crippen LogP contribution in [0, 0.1) is 12.7 Å². The van der Waals surface area contributed by atoms with Crippen molar-refractivity contribution in [3.63, 3.8) is 0 Å². The maximum absolute atomic E-state index is 13.5. The van der Waals surface area contributed by atoms with Gasteiger partial charge in [0, 0.05) is 17.8 Å². The zero-order valence-corrected chi connectivity index (χ0v) is 25.3. The van der Waals surface area contributed by atoms with Gasteiger partial charge in [0.1, 0.15) is 10.8 Å². The van der Waals surface area contributed by atoms with Crippen molar-refractivity contribution in [3.8, 4) is 10.6 Å². The second-order valence-electron chi connectivity index (χ2n) is 10.5. The van der Waals surface area contributed by atoms with Crippen molar-refractivity contribution in [3.05, 3.63) is 114 Å². The summed E-state index contributed by atoms with van der Waals surface area (Å²) in [6.07, 6.45) is 0.170. The summed E-state index contributed by atoms with van der Waals surface area (Å²) >= 11 is 1.59. The molecule has 1 aliphatic heterocycles. The zero-order valence-electron chi connectivity index (χ0n) is 23.7. The number of amides is 1. The van der Waals surface area contributed by atoms with E-state index < -0.39 is 40.4 Å². The van der Waals surface area contributed by atoms with Gasteiger partial charge in [-0.1, -0.05) is 30.3 Å². The number of fused-ring (bicyclic) bond motifs is 2. The lowest BCUT2D eigenvalue weighted by Crippen LogP contribution is -2.41. The maximum atomic E-state index is 13.5. The number of ether oxygens (including phenoxy) is 1. The molecule has 1 amide bonds. The Kier molecular flexibility index (Phi) is 8.26. The molecule has 0 bridgehead atoms. The van der Waals surface area contributed by atoms with Crippen molar-refractivity contribution in [1.82, 2.24) is 9.29 Å². The van der Waals surface area contributed by atoms with Gasteiger partial charge in [0.25, 0.3) is 5.91 Å². The lowest BCUT2D eigenvalue weighted by molar-refractivity contribution is -0.148. The van der Waals surface area contributed by atoms with E-state index >= 15 is 0 Å². The van der Waals surface area contributed by atoms with Crippen molar-refractivity contribution in [2.24, 2.45) is 0 Å². The van der Waals surface area contributed by atoms with Gasteiger partial charge >= 0.3 is 5.97 Å². The van der Waals surface area contributed by atoms with E-state index in [-0.39, 0.29) is 17.9 Å². The molecule has 1 unspecified atom stereocenters. The van der Waals surface area contributed by atoms with E-state index in [0.29, 0.717) is 17.7 Å². The molecule has 44 heavy (non-hydrogen) atoms. The number of carbonyl (C=O) groups excluding carboxylic acids is 2. The lowest BCUT2D eigenvalue weighted by Gasteiger charge is -2.36. The van der Waals surface area contributed by atoms with Gasteiger partial charge in [0.05, 0.1) is 27.6 Å². The molecular weight excluding hydrogens is 602 g/mol. The molecule has 11 heteroatoms. The van der Waals surface area contributed by atoms with E-state index in [9.17, 15) is 22.4 Å². The van der Waals surface area contributed by atoms with Crippen molar-refractivity contribution in [2.45, 2.75) is 30.7 Å². The number of benzene rings is 4. The minimum absolute atomic E-state index is 0.0692. The second kappa shape index (κ2) is 12.3. The third kappa shape index (κ3) is 6.26. The Morgan fingerprint density at radius 1 is 1.02 bits per heavy atom. The Hall–Kier alpha value is -4.45. The van der Waals surface area contributed by atoms with E-state index in [2.05, 4.69) is 16.4 Å². The molecular formula is C33H28FN3O5S2. The first-order valence-corrected chi connectivity index (χ1v) is 16.2. The quantitative estimate of drug-likeness (QED) is 0.203. The molecule has 6 rings (SSSR count). The average molecular weight is 630 g/mol. The number of thiazole rings is 1. The zero-order chi connectivity index (χ0) is 30.8. The van der Waals surface area contributed by atoms with Crippen LogP contribution in [0.2, 0.25) is 0 Å². The fourth-order valence-electron chi connectivity index (χ4n) is 5.28. The molecule has 0 aliphatic carbocycles. The molecule has 2 heterocycles. The number of aryl methyl sites for hydroxylation is 1. The number of aromatic nitrogens is 1. The number of esters is 1. The number of anilines is 1. The molecule has 1 aliphatic rings. The Morgan fingerprint density at radius 3 is 2.55 bits per heavy atom. The minimum atomic E-state index is -4.05. The van der Waals surface area contributed by atoms with Crippen LogP contribution >= 0.6 is 11.3 Å². The van der Waals surface area contributed by atoms with E-state index in [0.717, 1.165) is 38.5 Å². The topological polar surface area (TPSA) is 106 Å². The van der Waals surface area contributed by atoms with Crippen LogP contribution in [0.25, 0.3) is 20.8 Å². The highest BCUT2D eigenvalue weighted by Gasteiger charge is 2.38. The van der Waals surface area contributed by atoms with Crippen LogP contribution in [0.1, 0.15) is 29.2 Å². The molecule has 0 saturated heterocycles. The Balaban J connectivity index is 1.10. The Morgan fingerprint density at radius 2 is 1.77 bits per heavy atom. The second-order valence-corrected chi connectivity index (χ2v) is 13.4. The first-order valence-electron chi connectivity index (χ1n) is 14.0. The van der Waals surface area contributed by atoms with E-state index in [1.165, 1.54) is 22.0 Å². The third-order valence-corrected chi connectivity index (χ3v) is 10.5. The van der Waals surface area contributed by atoms with Crippen molar-refractivity contribution < 1.29 is 27.1 Å². The van der Waals surface area contributed by atoms with Crippen LogP contribution in [-0.2, 0) is 30.8 Å². The maximum Gasteiger partial charge on any atom is 0.308 e. The van der Waals surface area contributed by atoms with Gasteiger partial charge in [-0.15, -0.1) is 11.3 Å². The van der Waals surface area contributed by atoms with E-state index in [4.69, 9.17) is 4.74 Å². The number of carbonyl (C=O) groups is 2. The number of rotatable bonds is 8. The van der Waals surface area contributed by atoms with Gasteiger partial charge < -0.3 is 10.1 Å². The van der Waals surface area contributed by atoms with Gasteiger partial charge in [-0.3, -0.25) is 9.59 Å². The molecule has 8 nitrogen and oxygen atoms in total. The Bertz CT molecular complexity index is 1960. The first kappa shape index (κ1) is 29.6. The molecule has 5 aromatic rings. The number of halogens is 1. The molecule has 1 atom stereocenters. The predicted molar refractivity (Wildman–Crippen MR) is 167 cm³/mol. The summed E-state index contributed by atoms with van der Waals surface area (Å²) in [7, 11) is -4.05. The van der Waals surface area contributed by atoms with Gasteiger partial charge in [-0.05, 0) is 90.7 Å². The summed E-state index contributed by atoms with van der Waals surface area (Å²) in [5.41, 5.74) is 5.17. The fraction of sp³-hybridized carbons (Fsp3) is 0.182. The highest BCUT2D eigenvalue weighted by atomic mass is 32.2. The van der Waals surface area contributed by atoms with Gasteiger partial charge in [0.2, 0.25) is 10.0 Å². The van der Waals surface area contributed by atoms with E-state index in [1.54, 1.807) is 35.6 Å².